The summed E-state index contributed by atoms with van der Waals surface area (Å²) >= 11 is 0. The molecule has 0 aromatic carbocycles. The van der Waals surface area contributed by atoms with E-state index in [1.165, 1.54) is 12.8 Å². The van der Waals surface area contributed by atoms with Crippen LogP contribution in [0.5, 0.6) is 0 Å². The van der Waals surface area contributed by atoms with Crippen LogP contribution < -0.4 is 22.1 Å². The summed E-state index contributed by atoms with van der Waals surface area (Å²) in [4.78, 5) is 11.7. The molecule has 13 heteroatoms. The van der Waals surface area contributed by atoms with Crippen LogP contribution in [0, 0.1) is 0 Å². The Morgan fingerprint density at radius 2 is 1.49 bits per heavy atom. The second-order valence-corrected chi connectivity index (χ2v) is 11.0. The quantitative estimate of drug-likeness (QED) is 0.133. The minimum Gasteiger partial charge on any atom is -0.389 e. The van der Waals surface area contributed by atoms with Crippen molar-refractivity contribution in [2.45, 2.75) is 57.5 Å². The van der Waals surface area contributed by atoms with Gasteiger partial charge < -0.3 is 36.7 Å². The number of unbranched alkanes of at least 4 members (excludes halogenated alkanes) is 6. The Morgan fingerprint density at radius 3 is 2.14 bits per heavy atom. The summed E-state index contributed by atoms with van der Waals surface area (Å²) in [5.41, 5.74) is 11.1. The van der Waals surface area contributed by atoms with Crippen LogP contribution in [0.4, 0.5) is 17.8 Å². The Balaban J connectivity index is 1.89. The molecular formula is C22H47N7O5S. The van der Waals surface area contributed by atoms with Gasteiger partial charge in [0.25, 0.3) is 0 Å². The summed E-state index contributed by atoms with van der Waals surface area (Å²) in [7, 11) is 3.52. The van der Waals surface area contributed by atoms with Crippen molar-refractivity contribution in [3.8, 4) is 0 Å². The first-order valence-electron chi connectivity index (χ1n) is 12.3. The Kier molecular flexibility index (Phi) is 17.7. The van der Waals surface area contributed by atoms with E-state index >= 15 is 0 Å². The molecular weight excluding hydrogens is 474 g/mol. The Hall–Kier alpha value is -1.48. The average Bonchev–Trinajstić information content (AvgIpc) is 2.83. The molecule has 35 heavy (non-hydrogen) atoms. The maximum absolute atomic E-state index is 10.0. The van der Waals surface area contributed by atoms with Crippen molar-refractivity contribution in [2.24, 2.45) is 0 Å². The standard InChI is InChI=1S/C22H47N7O5S/c1-31-18-35(32-2,33-3)15-11-7-5-4-6-10-14-34-17-19(30)16-25-12-8-9-13-26-22-28-20(23)27-21(24)29-22/h19,25,30H,4-18H2,1-3H3,(H5,23,24,26,27,28,29). The molecule has 0 amide bonds. The molecule has 1 aromatic rings. The van der Waals surface area contributed by atoms with E-state index in [-0.39, 0.29) is 11.9 Å². The average molecular weight is 522 g/mol. The lowest BCUT2D eigenvalue weighted by Crippen LogP contribution is -2.31. The highest BCUT2D eigenvalue weighted by atomic mass is 32.3. The molecule has 12 nitrogen and oxygen atoms in total. The van der Waals surface area contributed by atoms with Gasteiger partial charge in [-0.1, -0.05) is 25.7 Å². The molecule has 1 rings (SSSR count). The van der Waals surface area contributed by atoms with Gasteiger partial charge in [0.2, 0.25) is 17.8 Å². The van der Waals surface area contributed by atoms with Crippen LogP contribution in [-0.2, 0) is 17.8 Å². The van der Waals surface area contributed by atoms with Crippen LogP contribution in [0.15, 0.2) is 0 Å². The van der Waals surface area contributed by atoms with Gasteiger partial charge in [-0.25, -0.2) is 0 Å². The summed E-state index contributed by atoms with van der Waals surface area (Å²) in [6.07, 6.45) is 8.13. The van der Waals surface area contributed by atoms with Gasteiger partial charge in [0, 0.05) is 32.6 Å². The van der Waals surface area contributed by atoms with Gasteiger partial charge in [-0.15, -0.1) is 0 Å². The Bertz CT molecular complexity index is 638. The summed E-state index contributed by atoms with van der Waals surface area (Å²) in [6.45, 7) is 3.07. The van der Waals surface area contributed by atoms with Gasteiger partial charge in [-0.05, 0) is 32.2 Å². The number of aromatic nitrogens is 3. The molecule has 0 aliphatic carbocycles. The Morgan fingerprint density at radius 1 is 0.857 bits per heavy atom. The van der Waals surface area contributed by atoms with Crippen molar-refractivity contribution >= 4 is 28.4 Å². The number of ether oxygens (including phenoxy) is 2. The number of nitrogens with one attached hydrogen (secondary N) is 2. The molecule has 1 unspecified atom stereocenters. The van der Waals surface area contributed by atoms with Crippen molar-refractivity contribution in [2.75, 3.05) is 82.7 Å². The molecule has 1 heterocycles. The maximum Gasteiger partial charge on any atom is 0.229 e. The summed E-state index contributed by atoms with van der Waals surface area (Å²) in [5.74, 6) is 2.01. The largest absolute Gasteiger partial charge is 0.389 e. The summed E-state index contributed by atoms with van der Waals surface area (Å²) < 4.78 is 22.0. The number of nitrogens with two attached hydrogens (primary N) is 2. The predicted molar refractivity (Wildman–Crippen MR) is 142 cm³/mol. The number of aliphatic hydroxyl groups is 1. The molecule has 0 fully saturated rings. The van der Waals surface area contributed by atoms with Gasteiger partial charge in [0.15, 0.2) is 0 Å². The van der Waals surface area contributed by atoms with Crippen LogP contribution in [-0.4, -0.2) is 92.0 Å². The predicted octanol–water partition coefficient (Wildman–Crippen LogP) is 2.07. The van der Waals surface area contributed by atoms with E-state index in [1.54, 1.807) is 21.3 Å². The number of methoxy groups -OCH3 is 1. The van der Waals surface area contributed by atoms with Gasteiger partial charge in [-0.2, -0.15) is 25.5 Å². The second kappa shape index (κ2) is 19.7. The van der Waals surface area contributed by atoms with Crippen molar-refractivity contribution in [3.05, 3.63) is 0 Å². The van der Waals surface area contributed by atoms with Crippen LogP contribution in [0.25, 0.3) is 0 Å². The van der Waals surface area contributed by atoms with Crippen LogP contribution >= 0.6 is 10.6 Å². The fourth-order valence-corrected chi connectivity index (χ4v) is 5.20. The molecule has 0 spiro atoms. The maximum atomic E-state index is 10.0. The zero-order valence-electron chi connectivity index (χ0n) is 21.7. The van der Waals surface area contributed by atoms with E-state index in [2.05, 4.69) is 25.6 Å². The van der Waals surface area contributed by atoms with E-state index in [0.717, 1.165) is 50.8 Å². The minimum absolute atomic E-state index is 0.102. The lowest BCUT2D eigenvalue weighted by Gasteiger charge is -2.39. The number of nitrogens with zero attached hydrogens (tertiary/aromatic N) is 3. The number of rotatable bonds is 23. The minimum atomic E-state index is -1.55. The number of hydrogen-bond acceptors (Lipinski definition) is 12. The number of hydrogen-bond donors (Lipinski definition) is 5. The van der Waals surface area contributed by atoms with Crippen molar-refractivity contribution < 1.29 is 22.9 Å². The van der Waals surface area contributed by atoms with Gasteiger partial charge in [0.05, 0.1) is 26.9 Å². The third-order valence-corrected chi connectivity index (χ3v) is 8.04. The fourth-order valence-electron chi connectivity index (χ4n) is 3.41. The molecule has 0 saturated carbocycles. The topological polar surface area (TPSA) is 172 Å². The van der Waals surface area contributed by atoms with Crippen LogP contribution in [0.2, 0.25) is 0 Å². The molecule has 7 N–H and O–H groups in total. The summed E-state index contributed by atoms with van der Waals surface area (Å²) in [6, 6.07) is 0. The lowest BCUT2D eigenvalue weighted by molar-refractivity contribution is 0.0355. The van der Waals surface area contributed by atoms with E-state index in [1.807, 2.05) is 0 Å². The number of aliphatic hydroxyl groups excluding tert-OH is 1. The fraction of sp³-hybridized carbons (Fsp3) is 0.864. The second-order valence-electron chi connectivity index (χ2n) is 8.25. The van der Waals surface area contributed by atoms with E-state index in [0.29, 0.717) is 38.2 Å². The molecule has 206 valence electrons. The zero-order chi connectivity index (χ0) is 25.8. The normalized spacial score (nSPS) is 13.1. The highest BCUT2D eigenvalue weighted by Gasteiger charge is 2.17. The zero-order valence-corrected chi connectivity index (χ0v) is 22.5. The van der Waals surface area contributed by atoms with Crippen molar-refractivity contribution in [1.29, 1.82) is 0 Å². The molecule has 0 aliphatic heterocycles. The van der Waals surface area contributed by atoms with Crippen molar-refractivity contribution in [3.63, 3.8) is 0 Å². The highest BCUT2D eigenvalue weighted by molar-refractivity contribution is 8.25. The Labute approximate surface area is 212 Å². The first kappa shape index (κ1) is 31.5. The SMILES string of the molecule is COCS(CCCCCCCCOCC(O)CNCCCCNc1nc(N)nc(N)n1)(OC)OC. The molecule has 1 atom stereocenters. The van der Waals surface area contributed by atoms with Crippen molar-refractivity contribution in [1.82, 2.24) is 20.3 Å². The third-order valence-electron chi connectivity index (χ3n) is 5.32. The highest BCUT2D eigenvalue weighted by Crippen LogP contribution is 2.49. The van der Waals surface area contributed by atoms with E-state index in [9.17, 15) is 5.11 Å². The lowest BCUT2D eigenvalue weighted by atomic mass is 10.1. The number of nitrogen functional groups attached to an aromatic ring is 2. The third kappa shape index (κ3) is 15.3. The monoisotopic (exact) mass is 521 g/mol. The van der Waals surface area contributed by atoms with E-state index in [4.69, 9.17) is 29.3 Å². The van der Waals surface area contributed by atoms with Gasteiger partial charge >= 0.3 is 0 Å². The van der Waals surface area contributed by atoms with Crippen LogP contribution in [0.3, 0.4) is 0 Å². The van der Waals surface area contributed by atoms with Gasteiger partial charge in [-0.3, -0.25) is 8.37 Å². The van der Waals surface area contributed by atoms with E-state index < -0.39 is 16.7 Å². The first-order chi connectivity index (χ1) is 16.9. The van der Waals surface area contributed by atoms with Gasteiger partial charge in [0.1, 0.15) is 5.94 Å². The first-order valence-corrected chi connectivity index (χ1v) is 14.1. The molecule has 0 bridgehead atoms. The molecule has 0 aliphatic rings. The van der Waals surface area contributed by atoms with Crippen LogP contribution in [0.1, 0.15) is 51.4 Å². The number of anilines is 3. The summed E-state index contributed by atoms with van der Waals surface area (Å²) in [5, 5.41) is 16.3. The molecule has 1 aromatic heterocycles. The molecule has 0 radical (unpaired) electrons. The smallest absolute Gasteiger partial charge is 0.229 e. The molecule has 0 saturated heterocycles.